The number of nitrogens with one attached hydrogen (secondary N) is 1. The Morgan fingerprint density at radius 2 is 1.58 bits per heavy atom. The van der Waals surface area contributed by atoms with E-state index < -0.39 is 34.4 Å². The summed E-state index contributed by atoms with van der Waals surface area (Å²) >= 11 is 0. The quantitative estimate of drug-likeness (QED) is 0.833. The highest BCUT2D eigenvalue weighted by Crippen LogP contribution is 2.29. The van der Waals surface area contributed by atoms with Crippen molar-refractivity contribution in [3.63, 3.8) is 0 Å². The second-order valence-corrected chi connectivity index (χ2v) is 6.93. The van der Waals surface area contributed by atoms with Crippen LogP contribution < -0.4 is 4.72 Å². The lowest BCUT2D eigenvalue weighted by atomic mass is 10.1. The van der Waals surface area contributed by atoms with E-state index in [-0.39, 0.29) is 11.3 Å². The zero-order chi connectivity index (χ0) is 17.8. The van der Waals surface area contributed by atoms with Gasteiger partial charge in [-0.1, -0.05) is 30.3 Å². The Bertz CT molecular complexity index is 759. The van der Waals surface area contributed by atoms with Crippen LogP contribution in [0.1, 0.15) is 11.1 Å². The molecule has 0 saturated carbocycles. The first-order valence-electron chi connectivity index (χ1n) is 7.07. The van der Waals surface area contributed by atoms with Gasteiger partial charge in [0.2, 0.25) is 10.0 Å². The molecule has 0 saturated heterocycles. The average molecular weight is 359 g/mol. The second kappa shape index (κ2) is 7.33. The zero-order valence-electron chi connectivity index (χ0n) is 12.5. The molecule has 4 nitrogen and oxygen atoms in total. The van der Waals surface area contributed by atoms with Gasteiger partial charge in [0.25, 0.3) is 0 Å². The lowest BCUT2D eigenvalue weighted by molar-refractivity contribution is -0.137. The van der Waals surface area contributed by atoms with Gasteiger partial charge in [-0.2, -0.15) is 13.2 Å². The smallest absolute Gasteiger partial charge is 0.395 e. The van der Waals surface area contributed by atoms with Gasteiger partial charge in [-0.15, -0.1) is 0 Å². The van der Waals surface area contributed by atoms with E-state index in [9.17, 15) is 26.7 Å². The van der Waals surface area contributed by atoms with E-state index in [1.54, 1.807) is 24.3 Å². The number of sulfonamides is 1. The zero-order valence-corrected chi connectivity index (χ0v) is 13.3. The molecule has 0 radical (unpaired) electrons. The first-order chi connectivity index (χ1) is 11.2. The number of aliphatic hydroxyl groups excluding tert-OH is 1. The van der Waals surface area contributed by atoms with Crippen LogP contribution in [0.3, 0.4) is 0 Å². The van der Waals surface area contributed by atoms with Crippen LogP contribution in [0.4, 0.5) is 13.2 Å². The molecule has 1 atom stereocenters. The molecule has 0 bridgehead atoms. The normalized spacial score (nSPS) is 13.7. The minimum Gasteiger partial charge on any atom is -0.395 e. The van der Waals surface area contributed by atoms with Gasteiger partial charge in [0, 0.05) is 6.04 Å². The molecule has 0 unspecified atom stereocenters. The van der Waals surface area contributed by atoms with E-state index >= 15 is 0 Å². The van der Waals surface area contributed by atoms with Gasteiger partial charge >= 0.3 is 6.18 Å². The van der Waals surface area contributed by atoms with E-state index in [4.69, 9.17) is 0 Å². The molecule has 2 aromatic carbocycles. The first-order valence-corrected chi connectivity index (χ1v) is 8.55. The molecule has 2 rings (SSSR count). The van der Waals surface area contributed by atoms with Crippen molar-refractivity contribution in [1.29, 1.82) is 0 Å². The fraction of sp³-hybridized carbons (Fsp3) is 0.250. The summed E-state index contributed by atoms with van der Waals surface area (Å²) in [5, 5.41) is 9.37. The largest absolute Gasteiger partial charge is 0.416 e. The molecule has 2 aromatic rings. The highest BCUT2D eigenvalue weighted by Gasteiger charge is 2.30. The minimum atomic E-state index is -4.53. The van der Waals surface area contributed by atoms with Crippen molar-refractivity contribution in [2.45, 2.75) is 23.5 Å². The molecule has 8 heteroatoms. The van der Waals surface area contributed by atoms with Crippen molar-refractivity contribution in [2.75, 3.05) is 6.61 Å². The molecule has 130 valence electrons. The number of halogens is 3. The number of rotatable bonds is 6. The lowest BCUT2D eigenvalue weighted by Gasteiger charge is -2.17. The Balaban J connectivity index is 2.14. The second-order valence-electron chi connectivity index (χ2n) is 5.21. The maximum atomic E-state index is 12.5. The highest BCUT2D eigenvalue weighted by molar-refractivity contribution is 7.89. The summed E-state index contributed by atoms with van der Waals surface area (Å²) in [6.07, 6.45) is -4.27. The van der Waals surface area contributed by atoms with Gasteiger partial charge in [-0.25, -0.2) is 13.1 Å². The van der Waals surface area contributed by atoms with E-state index in [1.807, 2.05) is 6.07 Å². The van der Waals surface area contributed by atoms with E-state index in [1.165, 1.54) is 0 Å². The van der Waals surface area contributed by atoms with Crippen LogP contribution in [0.15, 0.2) is 59.5 Å². The SMILES string of the molecule is O=S(=O)(N[C@H](CO)Cc1ccccc1)c1ccc(C(F)(F)F)cc1. The van der Waals surface area contributed by atoms with Crippen molar-refractivity contribution in [3.05, 3.63) is 65.7 Å². The monoisotopic (exact) mass is 359 g/mol. The molecule has 0 heterocycles. The third-order valence-corrected chi connectivity index (χ3v) is 4.90. The van der Waals surface area contributed by atoms with Gasteiger partial charge < -0.3 is 5.11 Å². The maximum absolute atomic E-state index is 12.5. The number of hydrogen-bond acceptors (Lipinski definition) is 3. The van der Waals surface area contributed by atoms with Crippen LogP contribution in [0.25, 0.3) is 0 Å². The first kappa shape index (κ1) is 18.4. The molecule has 0 amide bonds. The Morgan fingerprint density at radius 3 is 2.08 bits per heavy atom. The number of aliphatic hydroxyl groups is 1. The van der Waals surface area contributed by atoms with Gasteiger partial charge in [0.1, 0.15) is 0 Å². The number of alkyl halides is 3. The third-order valence-electron chi connectivity index (χ3n) is 3.36. The molecule has 2 N–H and O–H groups in total. The van der Waals surface area contributed by atoms with Crippen LogP contribution in [-0.2, 0) is 22.6 Å². The van der Waals surface area contributed by atoms with Crippen molar-refractivity contribution < 1.29 is 26.7 Å². The van der Waals surface area contributed by atoms with E-state index in [0.29, 0.717) is 12.1 Å². The predicted octanol–water partition coefficient (Wildman–Crippen LogP) is 2.59. The minimum absolute atomic E-state index is 0.261. The standard InChI is InChI=1S/C16H16F3NO3S/c17-16(18,19)13-6-8-15(9-7-13)24(22,23)20-14(11-21)10-12-4-2-1-3-5-12/h1-9,14,20-21H,10-11H2/t14-/m0/s1. The van der Waals surface area contributed by atoms with Crippen LogP contribution in [0, 0.1) is 0 Å². The molecular weight excluding hydrogens is 343 g/mol. The maximum Gasteiger partial charge on any atom is 0.416 e. The summed E-state index contributed by atoms with van der Waals surface area (Å²) in [5.74, 6) is 0. The van der Waals surface area contributed by atoms with Crippen molar-refractivity contribution in [2.24, 2.45) is 0 Å². The third kappa shape index (κ3) is 4.80. The average Bonchev–Trinajstić information content (AvgIpc) is 2.54. The molecule has 0 aliphatic rings. The van der Waals surface area contributed by atoms with Gasteiger partial charge in [0.15, 0.2) is 0 Å². The van der Waals surface area contributed by atoms with Crippen molar-refractivity contribution >= 4 is 10.0 Å². The Kier molecular flexibility index (Phi) is 5.63. The van der Waals surface area contributed by atoms with E-state index in [0.717, 1.165) is 17.7 Å². The summed E-state index contributed by atoms with van der Waals surface area (Å²) in [7, 11) is -4.03. The lowest BCUT2D eigenvalue weighted by Crippen LogP contribution is -2.39. The molecule has 0 aliphatic heterocycles. The summed E-state index contributed by atoms with van der Waals surface area (Å²) in [4.78, 5) is -0.290. The molecule has 0 spiro atoms. The molecule has 0 aliphatic carbocycles. The van der Waals surface area contributed by atoms with Crippen LogP contribution >= 0.6 is 0 Å². The van der Waals surface area contributed by atoms with Gasteiger partial charge in [-0.05, 0) is 36.2 Å². The molecule has 24 heavy (non-hydrogen) atoms. The summed E-state index contributed by atoms with van der Waals surface area (Å²) < 4.78 is 64.4. The van der Waals surface area contributed by atoms with E-state index in [2.05, 4.69) is 4.72 Å². The molecule has 0 fully saturated rings. The Labute approximate surface area is 138 Å². The predicted molar refractivity (Wildman–Crippen MR) is 82.8 cm³/mol. The highest BCUT2D eigenvalue weighted by atomic mass is 32.2. The summed E-state index contributed by atoms with van der Waals surface area (Å²) in [6, 6.07) is 11.4. The van der Waals surface area contributed by atoms with Crippen LogP contribution in [-0.4, -0.2) is 26.2 Å². The summed E-state index contributed by atoms with van der Waals surface area (Å²) in [6.45, 7) is -0.436. The Hall–Kier alpha value is -1.90. The fourth-order valence-electron chi connectivity index (χ4n) is 2.15. The van der Waals surface area contributed by atoms with Crippen molar-refractivity contribution in [1.82, 2.24) is 4.72 Å². The van der Waals surface area contributed by atoms with Crippen LogP contribution in [0.5, 0.6) is 0 Å². The molecular formula is C16H16F3NO3S. The number of benzene rings is 2. The van der Waals surface area contributed by atoms with Gasteiger partial charge in [0.05, 0.1) is 17.1 Å². The van der Waals surface area contributed by atoms with Crippen LogP contribution in [0.2, 0.25) is 0 Å². The van der Waals surface area contributed by atoms with Gasteiger partial charge in [-0.3, -0.25) is 0 Å². The molecule has 0 aromatic heterocycles. The topological polar surface area (TPSA) is 66.4 Å². The fourth-order valence-corrected chi connectivity index (χ4v) is 3.38. The summed E-state index contributed by atoms with van der Waals surface area (Å²) in [5.41, 5.74) is -0.101. The number of hydrogen-bond donors (Lipinski definition) is 2. The Morgan fingerprint density at radius 1 is 1.00 bits per heavy atom. The van der Waals surface area contributed by atoms with Crippen molar-refractivity contribution in [3.8, 4) is 0 Å².